The molecule has 0 spiro atoms. The number of piperidine rings is 1. The van der Waals surface area contributed by atoms with Crippen LogP contribution in [0.5, 0.6) is 0 Å². The van der Waals surface area contributed by atoms with Gasteiger partial charge in [0.2, 0.25) is 0 Å². The van der Waals surface area contributed by atoms with Crippen molar-refractivity contribution in [1.82, 2.24) is 14.7 Å². The van der Waals surface area contributed by atoms with E-state index in [0.717, 1.165) is 10.5 Å². The standard InChI is InChI=1S/C22H31F2N3O4/c1-21(2,3)31-20(29)27-10-9-18(22(23,24)16-27)25-11-13-26(14-12-25)19(28)30-15-17-7-5-4-6-8-17/h4-8,18H,9-16H2,1-3H3/t18-/m0/s1. The second-order valence-electron chi connectivity index (χ2n) is 9.03. The van der Waals surface area contributed by atoms with Gasteiger partial charge < -0.3 is 19.3 Å². The Morgan fingerprint density at radius 1 is 1.00 bits per heavy atom. The second-order valence-corrected chi connectivity index (χ2v) is 9.03. The fraction of sp³-hybridized carbons (Fsp3) is 0.636. The van der Waals surface area contributed by atoms with Crippen molar-refractivity contribution in [2.45, 2.75) is 51.4 Å². The lowest BCUT2D eigenvalue weighted by atomic mass is 9.98. The van der Waals surface area contributed by atoms with Crippen molar-refractivity contribution >= 4 is 12.2 Å². The summed E-state index contributed by atoms with van der Waals surface area (Å²) in [6, 6.07) is 8.41. The van der Waals surface area contributed by atoms with Gasteiger partial charge in [-0.15, -0.1) is 0 Å². The third kappa shape index (κ3) is 6.29. The summed E-state index contributed by atoms with van der Waals surface area (Å²) >= 11 is 0. The summed E-state index contributed by atoms with van der Waals surface area (Å²) < 4.78 is 40.3. The molecule has 9 heteroatoms. The second kappa shape index (κ2) is 9.38. The molecule has 2 fully saturated rings. The third-order valence-corrected chi connectivity index (χ3v) is 5.43. The van der Waals surface area contributed by atoms with Gasteiger partial charge in [-0.3, -0.25) is 4.90 Å². The van der Waals surface area contributed by atoms with Gasteiger partial charge in [-0.1, -0.05) is 30.3 Å². The number of nitrogens with zero attached hydrogens (tertiary/aromatic N) is 3. The van der Waals surface area contributed by atoms with Crippen LogP contribution in [0.15, 0.2) is 30.3 Å². The van der Waals surface area contributed by atoms with E-state index in [1.807, 2.05) is 30.3 Å². The van der Waals surface area contributed by atoms with Crippen LogP contribution in [0.25, 0.3) is 0 Å². The SMILES string of the molecule is CC(C)(C)OC(=O)N1CC[C@H](N2CCN(C(=O)OCc3ccccc3)CC2)C(F)(F)C1. The van der Waals surface area contributed by atoms with Crippen molar-refractivity contribution in [3.8, 4) is 0 Å². The van der Waals surface area contributed by atoms with Gasteiger partial charge >= 0.3 is 12.2 Å². The monoisotopic (exact) mass is 439 g/mol. The van der Waals surface area contributed by atoms with E-state index in [4.69, 9.17) is 9.47 Å². The fourth-order valence-electron chi connectivity index (χ4n) is 3.89. The van der Waals surface area contributed by atoms with Crippen molar-refractivity contribution in [2.75, 3.05) is 39.3 Å². The molecule has 1 aromatic carbocycles. The predicted molar refractivity (Wildman–Crippen MR) is 111 cm³/mol. The molecule has 0 bridgehead atoms. The van der Waals surface area contributed by atoms with Crippen LogP contribution >= 0.6 is 0 Å². The van der Waals surface area contributed by atoms with Gasteiger partial charge in [-0.25, -0.2) is 18.4 Å². The number of carbonyl (C=O) groups is 2. The zero-order valence-electron chi connectivity index (χ0n) is 18.4. The van der Waals surface area contributed by atoms with Crippen LogP contribution in [0, 0.1) is 0 Å². The Labute approximate surface area is 181 Å². The number of carbonyl (C=O) groups excluding carboxylic acids is 2. The molecule has 1 aromatic rings. The molecule has 1 atom stereocenters. The van der Waals surface area contributed by atoms with Gasteiger partial charge in [0.25, 0.3) is 5.92 Å². The largest absolute Gasteiger partial charge is 0.445 e. The molecule has 2 amide bonds. The van der Waals surface area contributed by atoms with Crippen molar-refractivity contribution in [3.05, 3.63) is 35.9 Å². The van der Waals surface area contributed by atoms with E-state index in [1.165, 1.54) is 0 Å². The topological polar surface area (TPSA) is 62.3 Å². The average Bonchev–Trinajstić information content (AvgIpc) is 2.71. The van der Waals surface area contributed by atoms with Gasteiger partial charge in [-0.2, -0.15) is 0 Å². The number of benzene rings is 1. The number of halogens is 2. The van der Waals surface area contributed by atoms with Gasteiger partial charge in [0, 0.05) is 32.7 Å². The molecule has 2 aliphatic heterocycles. The summed E-state index contributed by atoms with van der Waals surface area (Å²) in [4.78, 5) is 28.8. The normalized spacial score (nSPS) is 22.2. The van der Waals surface area contributed by atoms with E-state index >= 15 is 0 Å². The van der Waals surface area contributed by atoms with E-state index in [2.05, 4.69) is 0 Å². The van der Waals surface area contributed by atoms with Crippen LogP contribution in [0.3, 0.4) is 0 Å². The summed E-state index contributed by atoms with van der Waals surface area (Å²) in [5, 5.41) is 0. The maximum absolute atomic E-state index is 14.9. The first-order valence-electron chi connectivity index (χ1n) is 10.6. The molecule has 31 heavy (non-hydrogen) atoms. The summed E-state index contributed by atoms with van der Waals surface area (Å²) in [7, 11) is 0. The Bertz CT molecular complexity index is 762. The predicted octanol–water partition coefficient (Wildman–Crippen LogP) is 3.59. The molecule has 2 saturated heterocycles. The number of hydrogen-bond donors (Lipinski definition) is 0. The van der Waals surface area contributed by atoms with Crippen molar-refractivity contribution < 1.29 is 27.8 Å². The molecule has 2 heterocycles. The lowest BCUT2D eigenvalue weighted by Crippen LogP contribution is -2.63. The number of ether oxygens (including phenoxy) is 2. The van der Waals surface area contributed by atoms with Crippen molar-refractivity contribution in [2.24, 2.45) is 0 Å². The summed E-state index contributed by atoms with van der Waals surface area (Å²) in [6.07, 6.45) is -0.989. The van der Waals surface area contributed by atoms with Gasteiger partial charge in [-0.05, 0) is 32.8 Å². The molecule has 7 nitrogen and oxygen atoms in total. The van der Waals surface area contributed by atoms with Gasteiger partial charge in [0.15, 0.2) is 0 Å². The van der Waals surface area contributed by atoms with E-state index in [1.54, 1.807) is 30.6 Å². The lowest BCUT2D eigenvalue weighted by molar-refractivity contribution is -0.131. The molecule has 0 radical (unpaired) electrons. The zero-order valence-corrected chi connectivity index (χ0v) is 18.4. The molecule has 0 unspecified atom stereocenters. The van der Waals surface area contributed by atoms with Crippen molar-refractivity contribution in [1.29, 1.82) is 0 Å². The van der Waals surface area contributed by atoms with Gasteiger partial charge in [0.05, 0.1) is 12.6 Å². The average molecular weight is 440 g/mol. The first-order valence-corrected chi connectivity index (χ1v) is 10.6. The van der Waals surface area contributed by atoms with Crippen LogP contribution in [-0.4, -0.2) is 83.7 Å². The van der Waals surface area contributed by atoms with Crippen molar-refractivity contribution in [3.63, 3.8) is 0 Å². The Hall–Kier alpha value is -2.42. The lowest BCUT2D eigenvalue weighted by Gasteiger charge is -2.46. The van der Waals surface area contributed by atoms with E-state index in [9.17, 15) is 18.4 Å². The summed E-state index contributed by atoms with van der Waals surface area (Å²) in [6.45, 7) is 6.20. The molecular formula is C22H31F2N3O4. The third-order valence-electron chi connectivity index (χ3n) is 5.43. The molecule has 2 aliphatic rings. The van der Waals surface area contributed by atoms with Crippen LogP contribution in [-0.2, 0) is 16.1 Å². The Balaban J connectivity index is 1.48. The Morgan fingerprint density at radius 2 is 1.65 bits per heavy atom. The quantitative estimate of drug-likeness (QED) is 0.720. The maximum Gasteiger partial charge on any atom is 0.410 e. The highest BCUT2D eigenvalue weighted by atomic mass is 19.3. The van der Waals surface area contributed by atoms with E-state index in [-0.39, 0.29) is 19.6 Å². The molecule has 0 aliphatic carbocycles. The van der Waals surface area contributed by atoms with Gasteiger partial charge in [0.1, 0.15) is 12.2 Å². The molecule has 0 N–H and O–H groups in total. The highest BCUT2D eigenvalue weighted by Gasteiger charge is 2.49. The minimum absolute atomic E-state index is 0.157. The summed E-state index contributed by atoms with van der Waals surface area (Å²) in [5.41, 5.74) is 0.167. The molecule has 3 rings (SSSR count). The van der Waals surface area contributed by atoms with E-state index in [0.29, 0.717) is 26.2 Å². The smallest absolute Gasteiger partial charge is 0.410 e. The first-order chi connectivity index (χ1) is 14.5. The number of amides is 2. The molecule has 0 aromatic heterocycles. The fourth-order valence-corrected chi connectivity index (χ4v) is 3.89. The number of alkyl halides is 2. The Kier molecular flexibility index (Phi) is 7.03. The van der Waals surface area contributed by atoms with Crippen LogP contribution < -0.4 is 0 Å². The first kappa shape index (κ1) is 23.2. The minimum atomic E-state index is -3.05. The highest BCUT2D eigenvalue weighted by Crippen LogP contribution is 2.32. The molecule has 0 saturated carbocycles. The number of piperazine rings is 1. The minimum Gasteiger partial charge on any atom is -0.445 e. The number of hydrogen-bond acceptors (Lipinski definition) is 5. The highest BCUT2D eigenvalue weighted by molar-refractivity contribution is 5.68. The maximum atomic E-state index is 14.9. The zero-order chi connectivity index (χ0) is 22.6. The van der Waals surface area contributed by atoms with Crippen LogP contribution in [0.2, 0.25) is 0 Å². The number of likely N-dealkylation sites (tertiary alicyclic amines) is 1. The van der Waals surface area contributed by atoms with Crippen LogP contribution in [0.4, 0.5) is 18.4 Å². The molecular weight excluding hydrogens is 408 g/mol. The molecule has 172 valence electrons. The van der Waals surface area contributed by atoms with Crippen LogP contribution in [0.1, 0.15) is 32.8 Å². The van der Waals surface area contributed by atoms with E-state index < -0.39 is 36.3 Å². The Morgan fingerprint density at radius 3 is 2.23 bits per heavy atom. The summed E-state index contributed by atoms with van der Waals surface area (Å²) in [5.74, 6) is -3.05. The number of rotatable bonds is 3.